The van der Waals surface area contributed by atoms with Crippen molar-refractivity contribution in [2.45, 2.75) is 91.0 Å². The Labute approximate surface area is 151 Å². The van der Waals surface area contributed by atoms with Crippen molar-refractivity contribution in [3.63, 3.8) is 0 Å². The zero-order chi connectivity index (χ0) is 18.9. The molecule has 0 atom stereocenters. The topological polar surface area (TPSA) is 62.6 Å². The molecule has 140 valence electrons. The minimum Gasteiger partial charge on any atom is -0.442 e. The average molecular weight is 350 g/mol. The highest BCUT2D eigenvalue weighted by atomic mass is 16.7. The molecule has 0 aliphatic carbocycles. The number of nitrogens with zero attached hydrogens (tertiary/aromatic N) is 2. The van der Waals surface area contributed by atoms with Crippen molar-refractivity contribution in [3.8, 4) is 0 Å². The maximum atomic E-state index is 12.2. The Morgan fingerprint density at radius 1 is 1.12 bits per heavy atom. The van der Waals surface area contributed by atoms with Gasteiger partial charge in [-0.15, -0.1) is 0 Å². The average Bonchev–Trinajstić information content (AvgIpc) is 3.16. The van der Waals surface area contributed by atoms with Crippen molar-refractivity contribution in [2.24, 2.45) is 0 Å². The zero-order valence-electron chi connectivity index (χ0n) is 16.6. The zero-order valence-corrected chi connectivity index (χ0v) is 16.6. The number of aromatic nitrogens is 2. The smallest absolute Gasteiger partial charge is 0.442 e. The summed E-state index contributed by atoms with van der Waals surface area (Å²) in [6.07, 6.45) is 4.56. The molecule has 2 rings (SSSR count). The Morgan fingerprint density at radius 2 is 1.60 bits per heavy atom. The van der Waals surface area contributed by atoms with Gasteiger partial charge in [0.2, 0.25) is 0 Å². The molecule has 25 heavy (non-hydrogen) atoms. The highest BCUT2D eigenvalue weighted by Gasteiger charge is 2.59. The maximum Gasteiger partial charge on any atom is 0.516 e. The molecule has 1 aromatic heterocycles. The normalized spacial score (nSPS) is 19.2. The third-order valence-electron chi connectivity index (χ3n) is 5.21. The van der Waals surface area contributed by atoms with Crippen LogP contribution >= 0.6 is 0 Å². The second-order valence-corrected chi connectivity index (χ2v) is 7.64. The first-order valence-electron chi connectivity index (χ1n) is 9.30. The fourth-order valence-electron chi connectivity index (χ4n) is 3.77. The van der Waals surface area contributed by atoms with Gasteiger partial charge in [0.05, 0.1) is 16.8 Å². The number of rotatable bonds is 5. The quantitative estimate of drug-likeness (QED) is 0.761. The van der Waals surface area contributed by atoms with Crippen molar-refractivity contribution in [2.75, 3.05) is 0 Å². The summed E-state index contributed by atoms with van der Waals surface area (Å²) in [4.78, 5) is 12.2. The lowest BCUT2D eigenvalue weighted by Crippen LogP contribution is -2.50. The van der Waals surface area contributed by atoms with Crippen LogP contribution in [0, 0.1) is 0 Å². The van der Waals surface area contributed by atoms with Crippen LogP contribution in [0.25, 0.3) is 0 Å². The first-order valence-corrected chi connectivity index (χ1v) is 9.30. The Kier molecular flexibility index (Phi) is 5.69. The molecule has 1 aliphatic heterocycles. The molecular formula is C18H31BN2O4. The van der Waals surface area contributed by atoms with Crippen molar-refractivity contribution in [3.05, 3.63) is 12.3 Å². The first kappa shape index (κ1) is 20.0. The molecule has 0 amide bonds. The predicted molar refractivity (Wildman–Crippen MR) is 98.0 cm³/mol. The summed E-state index contributed by atoms with van der Waals surface area (Å²) >= 11 is 0. The molecule has 0 spiro atoms. The maximum absolute atomic E-state index is 12.2. The fourth-order valence-corrected chi connectivity index (χ4v) is 3.77. The Balaban J connectivity index is 2.25. The van der Waals surface area contributed by atoms with Crippen LogP contribution < -0.4 is 5.59 Å². The molecule has 0 aromatic carbocycles. The molecule has 1 aliphatic rings. The van der Waals surface area contributed by atoms with E-state index < -0.39 is 18.8 Å². The summed E-state index contributed by atoms with van der Waals surface area (Å²) in [6, 6.07) is 1.76. The number of ether oxygens (including phenoxy) is 1. The Bertz CT molecular complexity index is 580. The van der Waals surface area contributed by atoms with E-state index in [9.17, 15) is 4.79 Å². The van der Waals surface area contributed by atoms with Crippen molar-refractivity contribution in [1.82, 2.24) is 9.78 Å². The van der Waals surface area contributed by atoms with Crippen molar-refractivity contribution >= 4 is 18.8 Å². The first-order chi connectivity index (χ1) is 11.7. The summed E-state index contributed by atoms with van der Waals surface area (Å²) in [7, 11) is -0.566. The van der Waals surface area contributed by atoms with E-state index in [-0.39, 0.29) is 11.2 Å². The van der Waals surface area contributed by atoms with Crippen LogP contribution in [0.2, 0.25) is 0 Å². The molecule has 2 heterocycles. The summed E-state index contributed by atoms with van der Waals surface area (Å²) in [5.41, 5.74) is -0.642. The standard InChI is InChI=1S/C18H31BN2O4/c1-8-17(9-2)18(10-3,11-4)25-19(24-17)14-12-13-21(20-14)15(22)23-16(5,6)7/h12-13H,8-11H2,1-7H3. The lowest BCUT2D eigenvalue weighted by Gasteiger charge is -2.42. The van der Waals surface area contributed by atoms with Crippen LogP contribution in [-0.2, 0) is 14.0 Å². The molecule has 0 bridgehead atoms. The van der Waals surface area contributed by atoms with Crippen LogP contribution in [0.4, 0.5) is 4.79 Å². The number of carbonyl (C=O) groups is 1. The van der Waals surface area contributed by atoms with Gasteiger partial charge in [-0.1, -0.05) is 27.7 Å². The van der Waals surface area contributed by atoms with Crippen LogP contribution in [0.15, 0.2) is 12.3 Å². The molecule has 1 fully saturated rings. The molecule has 1 aromatic rings. The summed E-state index contributed by atoms with van der Waals surface area (Å²) < 4.78 is 19.3. The lowest BCUT2D eigenvalue weighted by molar-refractivity contribution is -0.0601. The van der Waals surface area contributed by atoms with Crippen LogP contribution in [0.1, 0.15) is 74.1 Å². The van der Waals surface area contributed by atoms with Crippen LogP contribution in [0.5, 0.6) is 0 Å². The third-order valence-corrected chi connectivity index (χ3v) is 5.21. The minimum absolute atomic E-state index is 0.336. The van der Waals surface area contributed by atoms with E-state index in [0.29, 0.717) is 5.59 Å². The number of hydrogen-bond donors (Lipinski definition) is 0. The van der Waals surface area contributed by atoms with E-state index in [1.807, 2.05) is 20.8 Å². The van der Waals surface area contributed by atoms with Gasteiger partial charge in [-0.05, 0) is 52.5 Å². The van der Waals surface area contributed by atoms with E-state index in [1.54, 1.807) is 12.3 Å². The predicted octanol–water partition coefficient (Wildman–Crippen LogP) is 3.53. The minimum atomic E-state index is -0.567. The SMILES string of the molecule is CCC1(CC)OB(c2ccn(C(=O)OC(C)(C)C)n2)OC1(CC)CC. The third kappa shape index (κ3) is 3.63. The summed E-state index contributed by atoms with van der Waals surface area (Å²) in [5, 5.41) is 4.34. The van der Waals surface area contributed by atoms with Gasteiger partial charge in [-0.25, -0.2) is 4.79 Å². The van der Waals surface area contributed by atoms with Gasteiger partial charge in [0.15, 0.2) is 0 Å². The Hall–Kier alpha value is -1.34. The second kappa shape index (κ2) is 7.12. The van der Waals surface area contributed by atoms with Crippen molar-refractivity contribution in [1.29, 1.82) is 0 Å². The van der Waals surface area contributed by atoms with Gasteiger partial charge in [0, 0.05) is 6.20 Å². The Morgan fingerprint density at radius 3 is 2.00 bits per heavy atom. The van der Waals surface area contributed by atoms with E-state index in [0.717, 1.165) is 25.7 Å². The molecule has 7 heteroatoms. The molecule has 6 nitrogen and oxygen atoms in total. The van der Waals surface area contributed by atoms with Gasteiger partial charge in [0.1, 0.15) is 5.60 Å². The van der Waals surface area contributed by atoms with Gasteiger partial charge in [-0.2, -0.15) is 9.78 Å². The molecule has 1 saturated heterocycles. The second-order valence-electron chi connectivity index (χ2n) is 7.64. The van der Waals surface area contributed by atoms with E-state index in [1.165, 1.54) is 4.68 Å². The molecular weight excluding hydrogens is 319 g/mol. The van der Waals surface area contributed by atoms with Gasteiger partial charge in [-0.3, -0.25) is 0 Å². The van der Waals surface area contributed by atoms with Gasteiger partial charge < -0.3 is 14.0 Å². The highest BCUT2D eigenvalue weighted by molar-refractivity contribution is 6.61. The number of carbonyl (C=O) groups excluding carboxylic acids is 1. The molecule has 0 unspecified atom stereocenters. The molecule has 0 radical (unpaired) electrons. The fraction of sp³-hybridized carbons (Fsp3) is 0.778. The highest BCUT2D eigenvalue weighted by Crippen LogP contribution is 2.46. The largest absolute Gasteiger partial charge is 0.516 e. The van der Waals surface area contributed by atoms with Crippen LogP contribution in [0.3, 0.4) is 0 Å². The van der Waals surface area contributed by atoms with Gasteiger partial charge >= 0.3 is 13.2 Å². The van der Waals surface area contributed by atoms with E-state index >= 15 is 0 Å². The monoisotopic (exact) mass is 350 g/mol. The van der Waals surface area contributed by atoms with E-state index in [2.05, 4.69) is 32.8 Å². The number of hydrogen-bond acceptors (Lipinski definition) is 5. The van der Waals surface area contributed by atoms with Crippen LogP contribution in [-0.4, -0.2) is 39.8 Å². The molecule has 0 saturated carbocycles. The van der Waals surface area contributed by atoms with Gasteiger partial charge in [0.25, 0.3) is 0 Å². The summed E-state index contributed by atoms with van der Waals surface area (Å²) in [5.74, 6) is 0. The lowest BCUT2D eigenvalue weighted by atomic mass is 9.75. The molecule has 0 N–H and O–H groups in total. The van der Waals surface area contributed by atoms with E-state index in [4.69, 9.17) is 14.0 Å². The summed E-state index contributed by atoms with van der Waals surface area (Å²) in [6.45, 7) is 14.0. The van der Waals surface area contributed by atoms with Crippen molar-refractivity contribution < 1.29 is 18.8 Å².